The van der Waals surface area contributed by atoms with E-state index in [1.54, 1.807) is 12.1 Å². The lowest BCUT2D eigenvalue weighted by atomic mass is 9.94. The van der Waals surface area contributed by atoms with Gasteiger partial charge in [-0.25, -0.2) is 0 Å². The average Bonchev–Trinajstić information content (AvgIpc) is 2.54. The van der Waals surface area contributed by atoms with Gasteiger partial charge < -0.3 is 10.1 Å². The molecule has 0 aromatic heterocycles. The van der Waals surface area contributed by atoms with E-state index in [1.807, 2.05) is 6.07 Å². The van der Waals surface area contributed by atoms with Gasteiger partial charge in [0.25, 0.3) is 0 Å². The molecule has 0 aliphatic heterocycles. The highest BCUT2D eigenvalue weighted by molar-refractivity contribution is 5.44. The molecule has 1 aromatic carbocycles. The third kappa shape index (κ3) is 2.34. The number of halogens is 2. The van der Waals surface area contributed by atoms with Crippen molar-refractivity contribution in [3.63, 3.8) is 0 Å². The predicted molar refractivity (Wildman–Crippen MR) is 67.1 cm³/mol. The number of fused-ring (bicyclic) bond motifs is 1. The molecular weight excluding hydrogens is 236 g/mol. The van der Waals surface area contributed by atoms with Crippen molar-refractivity contribution >= 4 is 0 Å². The third-order valence-corrected chi connectivity index (χ3v) is 3.85. The van der Waals surface area contributed by atoms with Crippen LogP contribution in [0.5, 0.6) is 5.75 Å². The van der Waals surface area contributed by atoms with Crippen molar-refractivity contribution in [2.75, 3.05) is 6.54 Å². The standard InChI is InChI=1S/C14H19F2NO/c1-4-17-13-9(3)8(2)11-6-5-10(7-12(11)13)18-14(15)16/h5-9,13-14,17H,4H2,1-3H3. The Labute approximate surface area is 106 Å². The van der Waals surface area contributed by atoms with E-state index in [1.165, 1.54) is 5.56 Å². The van der Waals surface area contributed by atoms with Gasteiger partial charge in [0.1, 0.15) is 5.75 Å². The zero-order chi connectivity index (χ0) is 13.3. The van der Waals surface area contributed by atoms with E-state index in [4.69, 9.17) is 0 Å². The largest absolute Gasteiger partial charge is 0.435 e. The van der Waals surface area contributed by atoms with Gasteiger partial charge in [-0.3, -0.25) is 0 Å². The van der Waals surface area contributed by atoms with Crippen LogP contribution in [0.25, 0.3) is 0 Å². The van der Waals surface area contributed by atoms with Gasteiger partial charge >= 0.3 is 6.61 Å². The van der Waals surface area contributed by atoms with Crippen LogP contribution in [-0.4, -0.2) is 13.2 Å². The summed E-state index contributed by atoms with van der Waals surface area (Å²) in [6.07, 6.45) is 0. The summed E-state index contributed by atoms with van der Waals surface area (Å²) in [6, 6.07) is 5.50. The molecular formula is C14H19F2NO. The zero-order valence-corrected chi connectivity index (χ0v) is 10.9. The van der Waals surface area contributed by atoms with Gasteiger partial charge in [0, 0.05) is 6.04 Å². The fourth-order valence-corrected chi connectivity index (χ4v) is 2.78. The summed E-state index contributed by atoms with van der Waals surface area (Å²) in [7, 11) is 0. The Morgan fingerprint density at radius 1 is 1.28 bits per heavy atom. The Bertz CT molecular complexity index is 422. The number of alkyl halides is 2. The lowest BCUT2D eigenvalue weighted by Gasteiger charge is -2.19. The average molecular weight is 255 g/mol. The number of hydrogen-bond donors (Lipinski definition) is 1. The van der Waals surface area contributed by atoms with Gasteiger partial charge in [0.15, 0.2) is 0 Å². The van der Waals surface area contributed by atoms with Crippen molar-refractivity contribution < 1.29 is 13.5 Å². The molecule has 0 fully saturated rings. The topological polar surface area (TPSA) is 21.3 Å². The zero-order valence-electron chi connectivity index (χ0n) is 10.9. The summed E-state index contributed by atoms with van der Waals surface area (Å²) in [6.45, 7) is 4.51. The molecule has 2 rings (SSSR count). The highest BCUT2D eigenvalue weighted by Gasteiger charge is 2.34. The van der Waals surface area contributed by atoms with Crippen LogP contribution in [0, 0.1) is 5.92 Å². The highest BCUT2D eigenvalue weighted by atomic mass is 19.3. The summed E-state index contributed by atoms with van der Waals surface area (Å²) in [5.74, 6) is 1.14. The molecule has 0 saturated heterocycles. The first kappa shape index (κ1) is 13.3. The van der Waals surface area contributed by atoms with E-state index in [2.05, 4.69) is 30.8 Å². The van der Waals surface area contributed by atoms with Gasteiger partial charge in [-0.15, -0.1) is 0 Å². The quantitative estimate of drug-likeness (QED) is 0.886. The van der Waals surface area contributed by atoms with Gasteiger partial charge in [0.2, 0.25) is 0 Å². The number of hydrogen-bond acceptors (Lipinski definition) is 2. The van der Waals surface area contributed by atoms with E-state index in [9.17, 15) is 8.78 Å². The Hall–Kier alpha value is -1.16. The van der Waals surface area contributed by atoms with Crippen molar-refractivity contribution in [2.45, 2.75) is 39.3 Å². The molecule has 0 amide bonds. The minimum Gasteiger partial charge on any atom is -0.435 e. The third-order valence-electron chi connectivity index (χ3n) is 3.85. The van der Waals surface area contributed by atoms with Crippen molar-refractivity contribution in [3.8, 4) is 5.75 Å². The van der Waals surface area contributed by atoms with Crippen LogP contribution in [0.4, 0.5) is 8.78 Å². The van der Waals surface area contributed by atoms with Gasteiger partial charge in [-0.2, -0.15) is 8.78 Å². The molecule has 3 atom stereocenters. The minimum atomic E-state index is -2.77. The molecule has 0 bridgehead atoms. The maximum Gasteiger partial charge on any atom is 0.387 e. The van der Waals surface area contributed by atoms with Crippen molar-refractivity contribution in [1.29, 1.82) is 0 Å². The molecule has 4 heteroatoms. The highest BCUT2D eigenvalue weighted by Crippen LogP contribution is 2.45. The fraction of sp³-hybridized carbons (Fsp3) is 0.571. The lowest BCUT2D eigenvalue weighted by molar-refractivity contribution is -0.0499. The molecule has 1 N–H and O–H groups in total. The molecule has 2 nitrogen and oxygen atoms in total. The van der Waals surface area contributed by atoms with Crippen LogP contribution >= 0.6 is 0 Å². The van der Waals surface area contributed by atoms with Crippen molar-refractivity contribution in [2.24, 2.45) is 5.92 Å². The first-order valence-electron chi connectivity index (χ1n) is 6.36. The van der Waals surface area contributed by atoms with Crippen LogP contribution < -0.4 is 10.1 Å². The van der Waals surface area contributed by atoms with E-state index in [0.29, 0.717) is 11.8 Å². The van der Waals surface area contributed by atoms with Crippen LogP contribution in [0.2, 0.25) is 0 Å². The van der Waals surface area contributed by atoms with E-state index < -0.39 is 6.61 Å². The maximum absolute atomic E-state index is 12.2. The normalized spacial score (nSPS) is 26.4. The molecule has 0 spiro atoms. The molecule has 18 heavy (non-hydrogen) atoms. The summed E-state index contributed by atoms with van der Waals surface area (Å²) in [4.78, 5) is 0. The number of ether oxygens (including phenoxy) is 1. The Kier molecular flexibility index (Phi) is 3.85. The monoisotopic (exact) mass is 255 g/mol. The Morgan fingerprint density at radius 3 is 2.61 bits per heavy atom. The first-order valence-corrected chi connectivity index (χ1v) is 6.36. The molecule has 0 heterocycles. The molecule has 3 unspecified atom stereocenters. The minimum absolute atomic E-state index is 0.223. The van der Waals surface area contributed by atoms with E-state index in [-0.39, 0.29) is 11.8 Å². The Balaban J connectivity index is 2.32. The predicted octanol–water partition coefficient (Wildman–Crippen LogP) is 3.69. The summed E-state index contributed by atoms with van der Waals surface area (Å²) in [5.41, 5.74) is 2.32. The fourth-order valence-electron chi connectivity index (χ4n) is 2.78. The van der Waals surface area contributed by atoms with Gasteiger partial charge in [0.05, 0.1) is 0 Å². The van der Waals surface area contributed by atoms with Crippen molar-refractivity contribution in [3.05, 3.63) is 29.3 Å². The molecule has 1 aliphatic carbocycles. The molecule has 1 aromatic rings. The van der Waals surface area contributed by atoms with Crippen LogP contribution in [-0.2, 0) is 0 Å². The first-order chi connectivity index (χ1) is 8.54. The van der Waals surface area contributed by atoms with Crippen LogP contribution in [0.3, 0.4) is 0 Å². The smallest absolute Gasteiger partial charge is 0.387 e. The molecule has 0 radical (unpaired) electrons. The summed E-state index contributed by atoms with van der Waals surface area (Å²) < 4.78 is 28.9. The summed E-state index contributed by atoms with van der Waals surface area (Å²) in [5, 5.41) is 3.42. The second kappa shape index (κ2) is 5.22. The molecule has 100 valence electrons. The number of rotatable bonds is 4. The second-order valence-corrected chi connectivity index (χ2v) is 4.85. The second-order valence-electron chi connectivity index (χ2n) is 4.85. The lowest BCUT2D eigenvalue weighted by Crippen LogP contribution is -2.24. The number of nitrogens with one attached hydrogen (secondary N) is 1. The maximum atomic E-state index is 12.2. The SMILES string of the molecule is CCNC1c2cc(OC(F)F)ccc2C(C)C1C. The van der Waals surface area contributed by atoms with E-state index >= 15 is 0 Å². The van der Waals surface area contributed by atoms with Gasteiger partial charge in [-0.05, 0) is 41.6 Å². The van der Waals surface area contributed by atoms with Crippen LogP contribution in [0.15, 0.2) is 18.2 Å². The number of benzene rings is 1. The summed E-state index contributed by atoms with van der Waals surface area (Å²) >= 11 is 0. The Morgan fingerprint density at radius 2 is 2.00 bits per heavy atom. The van der Waals surface area contributed by atoms with Crippen LogP contribution in [0.1, 0.15) is 43.9 Å². The van der Waals surface area contributed by atoms with Gasteiger partial charge in [-0.1, -0.05) is 26.8 Å². The van der Waals surface area contributed by atoms with Crippen molar-refractivity contribution in [1.82, 2.24) is 5.32 Å². The van der Waals surface area contributed by atoms with E-state index in [0.717, 1.165) is 12.1 Å². The molecule has 0 saturated carbocycles. The molecule has 1 aliphatic rings.